The van der Waals surface area contributed by atoms with Crippen LogP contribution in [0.25, 0.3) is 11.2 Å². The first-order valence-electron chi connectivity index (χ1n) is 11.6. The second kappa shape index (κ2) is 10.2. The van der Waals surface area contributed by atoms with Gasteiger partial charge < -0.3 is 25.4 Å². The molecule has 1 fully saturated rings. The van der Waals surface area contributed by atoms with Gasteiger partial charge in [0.2, 0.25) is 0 Å². The van der Waals surface area contributed by atoms with Gasteiger partial charge in [0.15, 0.2) is 17.2 Å². The van der Waals surface area contributed by atoms with Gasteiger partial charge in [0, 0.05) is 6.61 Å². The number of aliphatic hydroxyl groups excluding tert-OH is 2. The number of nitrogens with zero attached hydrogens (tertiary/aromatic N) is 4. The van der Waals surface area contributed by atoms with Gasteiger partial charge in [-0.15, -0.1) is 0 Å². The van der Waals surface area contributed by atoms with Crippen molar-refractivity contribution >= 4 is 17.0 Å². The highest BCUT2D eigenvalue weighted by atomic mass is 16.6. The van der Waals surface area contributed by atoms with Crippen LogP contribution in [0.3, 0.4) is 0 Å². The van der Waals surface area contributed by atoms with Crippen molar-refractivity contribution < 1.29 is 19.7 Å². The highest BCUT2D eigenvalue weighted by Crippen LogP contribution is 2.52. The number of rotatable bonds is 12. The van der Waals surface area contributed by atoms with Crippen LogP contribution in [0.1, 0.15) is 72.1 Å². The van der Waals surface area contributed by atoms with E-state index in [0.29, 0.717) is 30.6 Å². The average molecular weight is 436 g/mol. The second-order valence-corrected chi connectivity index (χ2v) is 8.41. The van der Waals surface area contributed by atoms with E-state index in [-0.39, 0.29) is 12.4 Å². The number of hydrogen-bond acceptors (Lipinski definition) is 8. The smallest absolute Gasteiger partial charge is 0.179 e. The normalized spacial score (nSPS) is 28.5. The number of hydrogen-bond donors (Lipinski definition) is 3. The molecule has 4 atom stereocenters. The molecule has 4 N–H and O–H groups in total. The zero-order valence-electron chi connectivity index (χ0n) is 19.0. The van der Waals surface area contributed by atoms with Gasteiger partial charge in [-0.2, -0.15) is 0 Å². The molecule has 174 valence electrons. The van der Waals surface area contributed by atoms with Gasteiger partial charge in [0.25, 0.3) is 0 Å². The number of aromatic nitrogens is 4. The van der Waals surface area contributed by atoms with Gasteiger partial charge in [-0.25, -0.2) is 15.0 Å². The van der Waals surface area contributed by atoms with Crippen LogP contribution in [-0.2, 0) is 15.2 Å². The van der Waals surface area contributed by atoms with Gasteiger partial charge >= 0.3 is 0 Å². The highest BCUT2D eigenvalue weighted by molar-refractivity contribution is 5.81. The third-order valence-corrected chi connectivity index (χ3v) is 6.40. The van der Waals surface area contributed by atoms with E-state index in [0.717, 1.165) is 38.5 Å². The van der Waals surface area contributed by atoms with Gasteiger partial charge in [-0.05, 0) is 25.7 Å². The summed E-state index contributed by atoms with van der Waals surface area (Å²) in [5.74, 6) is 0.290. The molecular weight excluding hydrogens is 398 g/mol. The molecule has 0 amide bonds. The lowest BCUT2D eigenvalue weighted by atomic mass is 9.78. The van der Waals surface area contributed by atoms with Crippen molar-refractivity contribution in [2.45, 2.75) is 95.7 Å². The van der Waals surface area contributed by atoms with Gasteiger partial charge in [0.05, 0.1) is 12.9 Å². The summed E-state index contributed by atoms with van der Waals surface area (Å²) in [6.45, 7) is 6.52. The van der Waals surface area contributed by atoms with E-state index in [9.17, 15) is 10.2 Å². The number of aliphatic hydroxyl groups is 2. The summed E-state index contributed by atoms with van der Waals surface area (Å²) < 4.78 is 15.0. The number of nitrogen functional groups attached to an aromatic ring is 1. The minimum absolute atomic E-state index is 0.290. The van der Waals surface area contributed by atoms with E-state index in [1.54, 1.807) is 6.33 Å². The molecule has 3 rings (SSSR count). The van der Waals surface area contributed by atoms with E-state index < -0.39 is 23.5 Å². The zero-order valence-corrected chi connectivity index (χ0v) is 19.0. The molecule has 2 aromatic heterocycles. The molecule has 9 nitrogen and oxygen atoms in total. The molecule has 0 bridgehead atoms. The van der Waals surface area contributed by atoms with Crippen LogP contribution in [0.15, 0.2) is 12.7 Å². The second-order valence-electron chi connectivity index (χ2n) is 8.41. The van der Waals surface area contributed by atoms with Gasteiger partial charge in [-0.3, -0.25) is 4.57 Å². The lowest BCUT2D eigenvalue weighted by molar-refractivity contribution is -0.226. The number of fused-ring (bicyclic) bond motifs is 1. The highest BCUT2D eigenvalue weighted by Gasteiger charge is 2.67. The monoisotopic (exact) mass is 435 g/mol. The Morgan fingerprint density at radius 3 is 2.48 bits per heavy atom. The Morgan fingerprint density at radius 1 is 1.10 bits per heavy atom. The minimum Gasteiger partial charge on any atom is -0.394 e. The molecule has 0 unspecified atom stereocenters. The minimum atomic E-state index is -1.08. The maximum absolute atomic E-state index is 11.5. The molecule has 2 aromatic rings. The van der Waals surface area contributed by atoms with Crippen LogP contribution in [0, 0.1) is 0 Å². The molecule has 0 aliphatic carbocycles. The first kappa shape index (κ1) is 23.8. The third-order valence-electron chi connectivity index (χ3n) is 6.40. The van der Waals surface area contributed by atoms with Crippen molar-refractivity contribution in [3.8, 4) is 0 Å². The van der Waals surface area contributed by atoms with Crippen LogP contribution in [-0.4, -0.2) is 60.8 Å². The third kappa shape index (κ3) is 4.04. The van der Waals surface area contributed by atoms with Crippen LogP contribution in [0.2, 0.25) is 0 Å². The standard InChI is InChI=1S/C22H37N5O4/c1-4-7-10-21(30-12-9-6-3)18(29)16(13-28)31-22(21,11-8-5-2)27-15-26-17-19(23)24-14-25-20(17)27/h14-16,18,28-29H,4-13H2,1-3H3,(H2,23,24,25)/t16-,18-,21-,22-/m1/s1. The maximum Gasteiger partial charge on any atom is 0.179 e. The molecule has 1 aliphatic rings. The Bertz CT molecular complexity index is 846. The predicted octanol–water partition coefficient (Wildman–Crippen LogP) is 2.75. The first-order valence-corrected chi connectivity index (χ1v) is 11.6. The number of ether oxygens (including phenoxy) is 2. The van der Waals surface area contributed by atoms with E-state index in [1.807, 2.05) is 4.57 Å². The summed E-state index contributed by atoms with van der Waals surface area (Å²) in [5, 5.41) is 21.6. The molecule has 0 saturated carbocycles. The Morgan fingerprint density at radius 2 is 1.81 bits per heavy atom. The van der Waals surface area contributed by atoms with Crippen LogP contribution in [0.4, 0.5) is 5.82 Å². The average Bonchev–Trinajstić information content (AvgIpc) is 3.31. The fourth-order valence-electron chi connectivity index (χ4n) is 4.72. The molecule has 3 heterocycles. The largest absolute Gasteiger partial charge is 0.394 e. The fourth-order valence-corrected chi connectivity index (χ4v) is 4.72. The quantitative estimate of drug-likeness (QED) is 0.434. The van der Waals surface area contributed by atoms with Crippen molar-refractivity contribution in [3.05, 3.63) is 12.7 Å². The molecule has 0 aromatic carbocycles. The summed E-state index contributed by atoms with van der Waals surface area (Å²) in [6, 6.07) is 0. The van der Waals surface area contributed by atoms with Gasteiger partial charge in [0.1, 0.15) is 29.7 Å². The molecule has 0 radical (unpaired) electrons. The van der Waals surface area contributed by atoms with E-state index >= 15 is 0 Å². The summed E-state index contributed by atoms with van der Waals surface area (Å²) in [7, 11) is 0. The molecule has 9 heteroatoms. The SMILES string of the molecule is CCCCO[C@]1(CCCC)[C@H](O)[C@@H](CO)O[C@@]1(CCCC)n1cnc2c(N)ncnc21. The van der Waals surface area contributed by atoms with E-state index in [2.05, 4.69) is 35.7 Å². The number of nitrogens with two attached hydrogens (primary N) is 1. The molecule has 1 aliphatic heterocycles. The summed E-state index contributed by atoms with van der Waals surface area (Å²) in [5.41, 5.74) is 4.95. The number of unbranched alkanes of at least 4 members (excludes halogenated alkanes) is 3. The number of anilines is 1. The van der Waals surface area contributed by atoms with Gasteiger partial charge in [-0.1, -0.05) is 46.5 Å². The molecular formula is C22H37N5O4. The summed E-state index contributed by atoms with van der Waals surface area (Å²) in [6.07, 6.45) is 7.90. The van der Waals surface area contributed by atoms with Crippen LogP contribution in [0.5, 0.6) is 0 Å². The Kier molecular flexibility index (Phi) is 7.85. The topological polar surface area (TPSA) is 129 Å². The summed E-state index contributed by atoms with van der Waals surface area (Å²) in [4.78, 5) is 13.0. The van der Waals surface area contributed by atoms with E-state index in [4.69, 9.17) is 15.2 Å². The Labute approximate surface area is 184 Å². The predicted molar refractivity (Wildman–Crippen MR) is 118 cm³/mol. The lowest BCUT2D eigenvalue weighted by Crippen LogP contribution is -2.59. The first-order chi connectivity index (χ1) is 15.0. The molecule has 1 saturated heterocycles. The van der Waals surface area contributed by atoms with Crippen LogP contribution < -0.4 is 5.73 Å². The van der Waals surface area contributed by atoms with E-state index in [1.165, 1.54) is 6.33 Å². The van der Waals surface area contributed by atoms with Crippen molar-refractivity contribution in [1.29, 1.82) is 0 Å². The molecule has 0 spiro atoms. The van der Waals surface area contributed by atoms with Crippen molar-refractivity contribution in [1.82, 2.24) is 19.5 Å². The van der Waals surface area contributed by atoms with Crippen molar-refractivity contribution in [3.63, 3.8) is 0 Å². The molecule has 31 heavy (non-hydrogen) atoms. The number of imidazole rings is 1. The summed E-state index contributed by atoms with van der Waals surface area (Å²) >= 11 is 0. The maximum atomic E-state index is 11.5. The van der Waals surface area contributed by atoms with Crippen molar-refractivity contribution in [2.24, 2.45) is 0 Å². The van der Waals surface area contributed by atoms with Crippen molar-refractivity contribution in [2.75, 3.05) is 18.9 Å². The lowest BCUT2D eigenvalue weighted by Gasteiger charge is -2.46. The van der Waals surface area contributed by atoms with Crippen LogP contribution >= 0.6 is 0 Å². The zero-order chi connectivity index (χ0) is 22.5. The fraction of sp³-hybridized carbons (Fsp3) is 0.773. The Hall–Kier alpha value is -1.81. The Balaban J connectivity index is 2.24.